The van der Waals surface area contributed by atoms with Crippen molar-refractivity contribution in [1.82, 2.24) is 0 Å². The average Bonchev–Trinajstić information content (AvgIpc) is 3.27. The van der Waals surface area contributed by atoms with Gasteiger partial charge in [-0.2, -0.15) is 31.4 Å². The SMILES string of the molecule is C[CH-]C.[Zr+3].c1ccc2[cH-]ccc2c1.c1ccc2c(c1)[cH-]c1ccccc12. The predicted octanol–water partition coefficient (Wildman–Crippen LogP) is 7.50. The van der Waals surface area contributed by atoms with Crippen LogP contribution in [0.3, 0.4) is 0 Å². The molecule has 0 aliphatic heterocycles. The Morgan fingerprint density at radius 1 is 0.615 bits per heavy atom. The number of hydrogen-bond donors (Lipinski definition) is 0. The molecule has 0 saturated heterocycles. The Morgan fingerprint density at radius 3 is 1.62 bits per heavy atom. The van der Waals surface area contributed by atoms with E-state index >= 15 is 0 Å². The Balaban J connectivity index is 0.000000165. The predicted molar refractivity (Wildman–Crippen MR) is 112 cm³/mol. The van der Waals surface area contributed by atoms with Crippen LogP contribution in [0.2, 0.25) is 0 Å². The van der Waals surface area contributed by atoms with Crippen molar-refractivity contribution < 1.29 is 26.2 Å². The third kappa shape index (κ3) is 4.80. The first-order valence-electron chi connectivity index (χ1n) is 8.71. The molecule has 0 amide bonds. The zero-order valence-corrected chi connectivity index (χ0v) is 17.8. The zero-order chi connectivity index (χ0) is 17.5. The Morgan fingerprint density at radius 2 is 1.08 bits per heavy atom. The van der Waals surface area contributed by atoms with E-state index in [0.717, 1.165) is 0 Å². The quantitative estimate of drug-likeness (QED) is 0.230. The minimum absolute atomic E-state index is 0. The van der Waals surface area contributed by atoms with Crippen LogP contribution in [0.1, 0.15) is 13.8 Å². The van der Waals surface area contributed by atoms with Crippen LogP contribution in [0.5, 0.6) is 0 Å². The summed E-state index contributed by atoms with van der Waals surface area (Å²) in [7, 11) is 0. The summed E-state index contributed by atoms with van der Waals surface area (Å²) in [5.41, 5.74) is 0. The minimum Gasteiger partial charge on any atom is -0.335 e. The van der Waals surface area contributed by atoms with Crippen LogP contribution >= 0.6 is 0 Å². The summed E-state index contributed by atoms with van der Waals surface area (Å²) in [6, 6.07) is 33.9. The van der Waals surface area contributed by atoms with Gasteiger partial charge in [-0.15, -0.1) is 69.4 Å². The Kier molecular flexibility index (Phi) is 8.01. The fourth-order valence-corrected chi connectivity index (χ4v) is 2.97. The maximum absolute atomic E-state index is 2.24. The molecule has 0 N–H and O–H groups in total. The molecule has 5 aromatic carbocycles. The van der Waals surface area contributed by atoms with Crippen LogP contribution in [0.15, 0.2) is 97.1 Å². The third-order valence-corrected chi connectivity index (χ3v) is 4.07. The molecule has 0 fully saturated rings. The molecular weight excluding hydrogens is 391 g/mol. The largest absolute Gasteiger partial charge is 3.00 e. The molecule has 127 valence electrons. The van der Waals surface area contributed by atoms with Crippen molar-refractivity contribution in [1.29, 1.82) is 0 Å². The monoisotopic (exact) mass is 413 g/mol. The first-order chi connectivity index (χ1) is 12.3. The van der Waals surface area contributed by atoms with Gasteiger partial charge in [0.05, 0.1) is 0 Å². The van der Waals surface area contributed by atoms with Crippen LogP contribution in [0.25, 0.3) is 32.3 Å². The fraction of sp³-hybridized carbons (Fsp3) is 0.0800. The van der Waals surface area contributed by atoms with Gasteiger partial charge in [0.2, 0.25) is 0 Å². The van der Waals surface area contributed by atoms with Gasteiger partial charge in [-0.3, -0.25) is 0 Å². The summed E-state index contributed by atoms with van der Waals surface area (Å²) in [6.45, 7) is 4.00. The Labute approximate surface area is 175 Å². The Hall–Kier alpha value is -1.98. The number of rotatable bonds is 0. The molecule has 5 aromatic rings. The van der Waals surface area contributed by atoms with E-state index in [4.69, 9.17) is 0 Å². The van der Waals surface area contributed by atoms with Gasteiger partial charge in [0.25, 0.3) is 0 Å². The number of benzene rings is 3. The van der Waals surface area contributed by atoms with Gasteiger partial charge >= 0.3 is 26.2 Å². The van der Waals surface area contributed by atoms with Crippen molar-refractivity contribution in [3.8, 4) is 0 Å². The summed E-state index contributed by atoms with van der Waals surface area (Å²) in [6.07, 6.45) is 2.00. The molecule has 0 bridgehead atoms. The molecule has 1 radical (unpaired) electrons. The van der Waals surface area contributed by atoms with E-state index in [-0.39, 0.29) is 26.2 Å². The van der Waals surface area contributed by atoms with Crippen molar-refractivity contribution >= 4 is 32.3 Å². The molecule has 1 heteroatoms. The van der Waals surface area contributed by atoms with Crippen LogP contribution < -0.4 is 0 Å². The summed E-state index contributed by atoms with van der Waals surface area (Å²) in [5, 5.41) is 8.05. The maximum Gasteiger partial charge on any atom is 3.00 e. The maximum atomic E-state index is 2.24. The van der Waals surface area contributed by atoms with Crippen molar-refractivity contribution in [2.45, 2.75) is 13.8 Å². The molecule has 0 nitrogen and oxygen atoms in total. The molecular formula is C25H23Zr. The first kappa shape index (κ1) is 20.3. The molecule has 0 aromatic heterocycles. The second-order valence-corrected chi connectivity index (χ2v) is 6.05. The van der Waals surface area contributed by atoms with Crippen LogP contribution in [0, 0.1) is 6.42 Å². The van der Waals surface area contributed by atoms with Gasteiger partial charge in [-0.1, -0.05) is 42.5 Å². The van der Waals surface area contributed by atoms with Gasteiger partial charge in [0.15, 0.2) is 0 Å². The smallest absolute Gasteiger partial charge is 0.335 e. The van der Waals surface area contributed by atoms with Crippen molar-refractivity contribution in [2.24, 2.45) is 0 Å². The number of fused-ring (bicyclic) bond motifs is 4. The van der Waals surface area contributed by atoms with E-state index in [1.165, 1.54) is 32.3 Å². The summed E-state index contributed by atoms with van der Waals surface area (Å²) >= 11 is 0. The second kappa shape index (κ2) is 10.2. The molecule has 0 unspecified atom stereocenters. The topological polar surface area (TPSA) is 0 Å². The molecule has 26 heavy (non-hydrogen) atoms. The van der Waals surface area contributed by atoms with E-state index in [1.807, 2.05) is 20.3 Å². The van der Waals surface area contributed by atoms with Crippen molar-refractivity contribution in [3.63, 3.8) is 0 Å². The molecule has 0 spiro atoms. The van der Waals surface area contributed by atoms with E-state index in [0.29, 0.717) is 0 Å². The van der Waals surface area contributed by atoms with Crippen molar-refractivity contribution in [3.05, 3.63) is 103 Å². The number of hydrogen-bond acceptors (Lipinski definition) is 0. The fourth-order valence-electron chi connectivity index (χ4n) is 2.97. The van der Waals surface area contributed by atoms with Gasteiger partial charge in [-0.25, -0.2) is 0 Å². The summed E-state index contributed by atoms with van der Waals surface area (Å²) in [4.78, 5) is 0. The average molecular weight is 415 g/mol. The third-order valence-electron chi connectivity index (χ3n) is 4.07. The normalized spacial score (nSPS) is 9.77. The van der Waals surface area contributed by atoms with Crippen LogP contribution in [0.4, 0.5) is 0 Å². The molecule has 0 aliphatic carbocycles. The molecule has 0 saturated carbocycles. The van der Waals surface area contributed by atoms with E-state index < -0.39 is 0 Å². The first-order valence-corrected chi connectivity index (χ1v) is 8.71. The van der Waals surface area contributed by atoms with Gasteiger partial charge in [0.1, 0.15) is 0 Å². The van der Waals surface area contributed by atoms with Gasteiger partial charge in [-0.05, 0) is 0 Å². The van der Waals surface area contributed by atoms with E-state index in [1.54, 1.807) is 0 Å². The summed E-state index contributed by atoms with van der Waals surface area (Å²) in [5.74, 6) is 0. The second-order valence-electron chi connectivity index (χ2n) is 6.05. The van der Waals surface area contributed by atoms with Crippen LogP contribution in [-0.2, 0) is 26.2 Å². The Bertz CT molecular complexity index is 969. The molecule has 0 heterocycles. The van der Waals surface area contributed by atoms with E-state index in [2.05, 4.69) is 97.1 Å². The summed E-state index contributed by atoms with van der Waals surface area (Å²) < 4.78 is 0. The van der Waals surface area contributed by atoms with E-state index in [9.17, 15) is 0 Å². The van der Waals surface area contributed by atoms with Gasteiger partial charge in [0, 0.05) is 0 Å². The molecule has 0 aliphatic rings. The van der Waals surface area contributed by atoms with Crippen molar-refractivity contribution in [2.75, 3.05) is 0 Å². The molecule has 0 atom stereocenters. The van der Waals surface area contributed by atoms with Gasteiger partial charge < -0.3 is 6.42 Å². The molecule has 5 rings (SSSR count). The minimum atomic E-state index is 0. The standard InChI is InChI=1S/C13H9.C9H7.C3H7.Zr/c1-3-7-12-10(5-1)9-11-6-2-4-8-13(11)12;1-2-5-9-7-3-6-8(9)4-1;1-3-2;/h1-9H;1-7H;3H,1-2H3;/q3*-1;+3. The van der Waals surface area contributed by atoms with Crippen LogP contribution in [-0.4, -0.2) is 0 Å². The zero-order valence-electron chi connectivity index (χ0n) is 15.3.